The van der Waals surface area contributed by atoms with Gasteiger partial charge in [0.05, 0.1) is 0 Å². The Morgan fingerprint density at radius 3 is 2.57 bits per heavy atom. The summed E-state index contributed by atoms with van der Waals surface area (Å²) >= 11 is 0. The lowest BCUT2D eigenvalue weighted by Gasteiger charge is -2.19. The molecule has 0 aromatic rings. The van der Waals surface area contributed by atoms with Crippen molar-refractivity contribution < 1.29 is 9.53 Å². The lowest BCUT2D eigenvalue weighted by molar-refractivity contribution is 0.0526. The van der Waals surface area contributed by atoms with Gasteiger partial charge in [0.2, 0.25) is 0 Å². The number of alkyl carbamates (subject to hydrolysis) is 1. The van der Waals surface area contributed by atoms with Gasteiger partial charge in [-0.05, 0) is 33.1 Å². The third-order valence-corrected chi connectivity index (χ3v) is 1.67. The molecule has 1 N–H and O–H groups in total. The van der Waals surface area contributed by atoms with E-state index < -0.39 is 5.60 Å². The summed E-state index contributed by atoms with van der Waals surface area (Å²) in [4.78, 5) is 11.2. The van der Waals surface area contributed by atoms with Crippen molar-refractivity contribution in [2.24, 2.45) is 5.92 Å². The van der Waals surface area contributed by atoms with Crippen LogP contribution in [0.1, 0.15) is 34.1 Å². The predicted molar refractivity (Wildman–Crippen MR) is 58.2 cm³/mol. The Hall–Kier alpha value is -0.990. The van der Waals surface area contributed by atoms with Gasteiger partial charge in [0.25, 0.3) is 0 Å². The molecule has 3 nitrogen and oxygen atoms in total. The molecule has 3 heteroatoms. The van der Waals surface area contributed by atoms with E-state index in [1.54, 1.807) is 0 Å². The van der Waals surface area contributed by atoms with E-state index in [4.69, 9.17) is 4.74 Å². The van der Waals surface area contributed by atoms with E-state index in [-0.39, 0.29) is 6.09 Å². The number of hydrogen-bond acceptors (Lipinski definition) is 2. The molecule has 1 unspecified atom stereocenters. The van der Waals surface area contributed by atoms with Gasteiger partial charge in [0.15, 0.2) is 0 Å². The minimum Gasteiger partial charge on any atom is -0.444 e. The fraction of sp³-hybridized carbons (Fsp3) is 0.727. The Kier molecular flexibility index (Phi) is 5.28. The second kappa shape index (κ2) is 5.68. The van der Waals surface area contributed by atoms with Crippen molar-refractivity contribution in [3.05, 3.63) is 12.7 Å². The van der Waals surface area contributed by atoms with Crippen LogP contribution in [-0.4, -0.2) is 18.2 Å². The highest BCUT2D eigenvalue weighted by molar-refractivity contribution is 5.67. The highest BCUT2D eigenvalue weighted by Crippen LogP contribution is 2.06. The predicted octanol–water partition coefficient (Wildman–Crippen LogP) is 2.72. The van der Waals surface area contributed by atoms with E-state index in [1.807, 2.05) is 26.8 Å². The van der Waals surface area contributed by atoms with Gasteiger partial charge in [-0.3, -0.25) is 0 Å². The molecule has 0 rings (SSSR count). The molecular weight excluding hydrogens is 178 g/mol. The zero-order chi connectivity index (χ0) is 11.2. The number of hydrogen-bond donors (Lipinski definition) is 1. The van der Waals surface area contributed by atoms with Crippen molar-refractivity contribution in [3.8, 4) is 0 Å². The molecule has 0 heterocycles. The van der Waals surface area contributed by atoms with E-state index in [1.165, 1.54) is 0 Å². The molecule has 0 saturated heterocycles. The number of amides is 1. The van der Waals surface area contributed by atoms with Crippen molar-refractivity contribution in [1.82, 2.24) is 5.32 Å². The molecule has 0 aliphatic carbocycles. The number of rotatable bonds is 4. The summed E-state index contributed by atoms with van der Waals surface area (Å²) in [7, 11) is 0. The third-order valence-electron chi connectivity index (χ3n) is 1.67. The summed E-state index contributed by atoms with van der Waals surface area (Å²) in [5.74, 6) is 0.421. The summed E-state index contributed by atoms with van der Waals surface area (Å²) in [5.41, 5.74) is -0.422. The van der Waals surface area contributed by atoms with Gasteiger partial charge in [-0.1, -0.05) is 13.0 Å². The van der Waals surface area contributed by atoms with E-state index in [2.05, 4.69) is 18.8 Å². The summed E-state index contributed by atoms with van der Waals surface area (Å²) in [6, 6.07) is 0. The Bertz CT molecular complexity index is 194. The van der Waals surface area contributed by atoms with Crippen LogP contribution in [0.4, 0.5) is 4.79 Å². The zero-order valence-electron chi connectivity index (χ0n) is 9.59. The van der Waals surface area contributed by atoms with E-state index in [0.717, 1.165) is 6.42 Å². The van der Waals surface area contributed by atoms with Crippen LogP contribution in [0, 0.1) is 5.92 Å². The molecule has 1 atom stereocenters. The molecule has 0 spiro atoms. The molecule has 14 heavy (non-hydrogen) atoms. The number of nitrogens with one attached hydrogen (secondary N) is 1. The molecule has 0 saturated carbocycles. The number of carbonyl (C=O) groups excluding carboxylic acids is 1. The maximum atomic E-state index is 11.2. The van der Waals surface area contributed by atoms with Crippen molar-refractivity contribution in [2.45, 2.75) is 39.7 Å². The summed E-state index contributed by atoms with van der Waals surface area (Å²) in [6.45, 7) is 11.9. The fourth-order valence-electron chi connectivity index (χ4n) is 0.834. The van der Waals surface area contributed by atoms with Gasteiger partial charge < -0.3 is 10.1 Å². The second-order valence-corrected chi connectivity index (χ2v) is 4.43. The average molecular weight is 199 g/mol. The lowest BCUT2D eigenvalue weighted by atomic mass is 10.1. The average Bonchev–Trinajstić information content (AvgIpc) is 2.00. The first kappa shape index (κ1) is 13.0. The molecule has 0 fully saturated rings. The van der Waals surface area contributed by atoms with Crippen molar-refractivity contribution in [2.75, 3.05) is 6.54 Å². The van der Waals surface area contributed by atoms with E-state index in [9.17, 15) is 4.79 Å². The summed E-state index contributed by atoms with van der Waals surface area (Å²) in [5, 5.41) is 2.70. The number of carbonyl (C=O) groups is 1. The van der Waals surface area contributed by atoms with Gasteiger partial charge in [-0.15, -0.1) is 6.58 Å². The van der Waals surface area contributed by atoms with Crippen molar-refractivity contribution in [3.63, 3.8) is 0 Å². The van der Waals surface area contributed by atoms with E-state index >= 15 is 0 Å². The van der Waals surface area contributed by atoms with Crippen LogP contribution < -0.4 is 5.32 Å². The van der Waals surface area contributed by atoms with Crippen LogP contribution in [0.5, 0.6) is 0 Å². The molecule has 0 bridgehead atoms. The smallest absolute Gasteiger partial charge is 0.407 e. The van der Waals surface area contributed by atoms with Crippen LogP contribution in [-0.2, 0) is 4.74 Å². The van der Waals surface area contributed by atoms with Crippen LogP contribution >= 0.6 is 0 Å². The molecule has 0 radical (unpaired) electrons. The first-order valence-corrected chi connectivity index (χ1v) is 4.94. The Morgan fingerprint density at radius 1 is 1.57 bits per heavy atom. The molecular formula is C11H21NO2. The second-order valence-electron chi connectivity index (χ2n) is 4.43. The SMILES string of the molecule is C=CC(C)CCNC(=O)OC(C)(C)C. The monoisotopic (exact) mass is 199 g/mol. The van der Waals surface area contributed by atoms with Crippen LogP contribution in [0.2, 0.25) is 0 Å². The Morgan fingerprint density at radius 2 is 2.14 bits per heavy atom. The van der Waals surface area contributed by atoms with E-state index in [0.29, 0.717) is 12.5 Å². The van der Waals surface area contributed by atoms with Gasteiger partial charge in [-0.25, -0.2) is 4.79 Å². The zero-order valence-corrected chi connectivity index (χ0v) is 9.59. The Labute approximate surface area is 86.5 Å². The topological polar surface area (TPSA) is 38.3 Å². The quantitative estimate of drug-likeness (QED) is 0.707. The standard InChI is InChI=1S/C11H21NO2/c1-6-9(2)7-8-12-10(13)14-11(3,4)5/h6,9H,1,7-8H2,2-5H3,(H,12,13). The maximum Gasteiger partial charge on any atom is 0.407 e. The number of allylic oxidation sites excluding steroid dienone is 1. The van der Waals surface area contributed by atoms with Gasteiger partial charge in [0, 0.05) is 6.54 Å². The molecule has 0 aromatic carbocycles. The molecule has 0 aliphatic heterocycles. The lowest BCUT2D eigenvalue weighted by Crippen LogP contribution is -2.33. The summed E-state index contributed by atoms with van der Waals surface area (Å²) in [6.07, 6.45) is 2.41. The van der Waals surface area contributed by atoms with Crippen LogP contribution in [0.25, 0.3) is 0 Å². The Balaban J connectivity index is 3.60. The molecule has 0 aliphatic rings. The molecule has 0 aromatic heterocycles. The van der Waals surface area contributed by atoms with Gasteiger partial charge in [-0.2, -0.15) is 0 Å². The summed E-state index contributed by atoms with van der Waals surface area (Å²) < 4.78 is 5.08. The van der Waals surface area contributed by atoms with Gasteiger partial charge in [0.1, 0.15) is 5.60 Å². The maximum absolute atomic E-state index is 11.2. The minimum absolute atomic E-state index is 0.353. The number of ether oxygens (including phenoxy) is 1. The van der Waals surface area contributed by atoms with Crippen molar-refractivity contribution >= 4 is 6.09 Å². The normalized spacial score (nSPS) is 13.1. The molecule has 82 valence electrons. The fourth-order valence-corrected chi connectivity index (χ4v) is 0.834. The largest absolute Gasteiger partial charge is 0.444 e. The van der Waals surface area contributed by atoms with Gasteiger partial charge >= 0.3 is 6.09 Å². The third kappa shape index (κ3) is 7.65. The van der Waals surface area contributed by atoms with Crippen LogP contribution in [0.3, 0.4) is 0 Å². The first-order chi connectivity index (χ1) is 6.35. The molecule has 1 amide bonds. The first-order valence-electron chi connectivity index (χ1n) is 4.94. The highest BCUT2D eigenvalue weighted by Gasteiger charge is 2.15. The van der Waals surface area contributed by atoms with Crippen LogP contribution in [0.15, 0.2) is 12.7 Å². The minimum atomic E-state index is -0.422. The van der Waals surface area contributed by atoms with Crippen molar-refractivity contribution in [1.29, 1.82) is 0 Å². The highest BCUT2D eigenvalue weighted by atomic mass is 16.6.